The molecule has 1 aliphatic rings. The standard InChI is InChI=1S/C10H14BrNO3S2/c1-7-9(5-10(11)16-7)17(14,15)12-4-2-3-8(13)6-12/h5,8,13H,2-4,6H2,1H3/t8-/m0/s1. The van der Waals surface area contributed by atoms with Crippen molar-refractivity contribution in [1.82, 2.24) is 4.31 Å². The minimum absolute atomic E-state index is 0.204. The van der Waals surface area contributed by atoms with Crippen molar-refractivity contribution in [3.63, 3.8) is 0 Å². The molecule has 2 rings (SSSR count). The molecule has 1 aromatic rings. The largest absolute Gasteiger partial charge is 0.392 e. The van der Waals surface area contributed by atoms with Crippen LogP contribution in [0.15, 0.2) is 14.7 Å². The van der Waals surface area contributed by atoms with Gasteiger partial charge in [-0.3, -0.25) is 0 Å². The van der Waals surface area contributed by atoms with Gasteiger partial charge in [0.05, 0.1) is 14.8 Å². The van der Waals surface area contributed by atoms with E-state index in [2.05, 4.69) is 15.9 Å². The number of halogens is 1. The predicted molar refractivity (Wildman–Crippen MR) is 70.8 cm³/mol. The average molecular weight is 340 g/mol. The highest BCUT2D eigenvalue weighted by atomic mass is 79.9. The first kappa shape index (κ1) is 13.5. The summed E-state index contributed by atoms with van der Waals surface area (Å²) in [7, 11) is -3.45. The summed E-state index contributed by atoms with van der Waals surface area (Å²) >= 11 is 4.71. The zero-order valence-corrected chi connectivity index (χ0v) is 12.6. The van der Waals surface area contributed by atoms with Crippen molar-refractivity contribution in [2.24, 2.45) is 0 Å². The van der Waals surface area contributed by atoms with Crippen LogP contribution < -0.4 is 0 Å². The van der Waals surface area contributed by atoms with Gasteiger partial charge >= 0.3 is 0 Å². The van der Waals surface area contributed by atoms with Gasteiger partial charge in [0.1, 0.15) is 0 Å². The van der Waals surface area contributed by atoms with Crippen molar-refractivity contribution in [3.8, 4) is 0 Å². The van der Waals surface area contributed by atoms with Crippen molar-refractivity contribution < 1.29 is 13.5 Å². The molecule has 0 aromatic carbocycles. The van der Waals surface area contributed by atoms with Crippen LogP contribution in [0.2, 0.25) is 0 Å². The van der Waals surface area contributed by atoms with E-state index in [4.69, 9.17) is 0 Å². The second-order valence-electron chi connectivity index (χ2n) is 4.13. The van der Waals surface area contributed by atoms with E-state index in [1.807, 2.05) is 0 Å². The van der Waals surface area contributed by atoms with E-state index < -0.39 is 16.1 Å². The normalized spacial score (nSPS) is 22.9. The number of aliphatic hydroxyl groups excluding tert-OH is 1. The molecule has 1 N–H and O–H groups in total. The molecular formula is C10H14BrNO3S2. The molecule has 1 aliphatic heterocycles. The van der Waals surface area contributed by atoms with E-state index in [-0.39, 0.29) is 6.54 Å². The number of rotatable bonds is 2. The molecule has 4 nitrogen and oxygen atoms in total. The molecule has 7 heteroatoms. The zero-order valence-electron chi connectivity index (χ0n) is 9.39. The molecule has 96 valence electrons. The lowest BCUT2D eigenvalue weighted by Gasteiger charge is -2.29. The van der Waals surface area contributed by atoms with Gasteiger partial charge in [0.25, 0.3) is 0 Å². The Kier molecular flexibility index (Phi) is 3.94. The molecule has 2 heterocycles. The van der Waals surface area contributed by atoms with E-state index in [1.54, 1.807) is 13.0 Å². The van der Waals surface area contributed by atoms with Gasteiger partial charge in [-0.05, 0) is 41.8 Å². The Morgan fingerprint density at radius 1 is 1.59 bits per heavy atom. The number of β-amino-alcohol motifs (C(OH)–C–C–N with tert-alkyl or cyclic N) is 1. The third kappa shape index (κ3) is 2.73. The monoisotopic (exact) mass is 339 g/mol. The number of aryl methyl sites for hydroxylation is 1. The highest BCUT2D eigenvalue weighted by molar-refractivity contribution is 9.11. The summed E-state index contributed by atoms with van der Waals surface area (Å²) in [6.45, 7) is 2.49. The molecule has 0 amide bonds. The van der Waals surface area contributed by atoms with Crippen LogP contribution in [0, 0.1) is 6.92 Å². The lowest BCUT2D eigenvalue weighted by molar-refractivity contribution is 0.108. The molecule has 17 heavy (non-hydrogen) atoms. The Morgan fingerprint density at radius 3 is 2.82 bits per heavy atom. The quantitative estimate of drug-likeness (QED) is 0.896. The first-order valence-electron chi connectivity index (χ1n) is 5.35. The Morgan fingerprint density at radius 2 is 2.29 bits per heavy atom. The van der Waals surface area contributed by atoms with E-state index in [0.717, 1.165) is 8.66 Å². The maximum absolute atomic E-state index is 12.4. The predicted octanol–water partition coefficient (Wildman–Crippen LogP) is 1.96. The lowest BCUT2D eigenvalue weighted by Crippen LogP contribution is -2.42. The number of sulfonamides is 1. The van der Waals surface area contributed by atoms with Gasteiger partial charge in [-0.2, -0.15) is 4.31 Å². The van der Waals surface area contributed by atoms with E-state index in [0.29, 0.717) is 24.3 Å². The molecule has 1 fully saturated rings. The van der Waals surface area contributed by atoms with Crippen molar-refractivity contribution >= 4 is 37.3 Å². The first-order chi connectivity index (χ1) is 7.91. The molecule has 1 saturated heterocycles. The van der Waals surface area contributed by atoms with Gasteiger partial charge in [-0.15, -0.1) is 11.3 Å². The molecule has 0 spiro atoms. The second kappa shape index (κ2) is 4.97. The van der Waals surface area contributed by atoms with E-state index in [9.17, 15) is 13.5 Å². The number of hydrogen-bond acceptors (Lipinski definition) is 4. The summed E-state index contributed by atoms with van der Waals surface area (Å²) < 4.78 is 26.9. The number of thiophene rings is 1. The van der Waals surface area contributed by atoms with Gasteiger partial charge in [-0.1, -0.05) is 0 Å². The Labute approximate surface area is 113 Å². The molecule has 0 bridgehead atoms. The van der Waals surface area contributed by atoms with Crippen molar-refractivity contribution in [2.45, 2.75) is 30.8 Å². The molecule has 0 saturated carbocycles. The minimum atomic E-state index is -3.45. The summed E-state index contributed by atoms with van der Waals surface area (Å²) in [5.74, 6) is 0. The van der Waals surface area contributed by atoms with Crippen LogP contribution in [0.1, 0.15) is 17.7 Å². The van der Waals surface area contributed by atoms with Gasteiger partial charge in [-0.25, -0.2) is 8.42 Å². The smallest absolute Gasteiger partial charge is 0.244 e. The van der Waals surface area contributed by atoms with Crippen molar-refractivity contribution in [3.05, 3.63) is 14.7 Å². The Balaban J connectivity index is 2.33. The van der Waals surface area contributed by atoms with Crippen LogP contribution in [0.25, 0.3) is 0 Å². The fraction of sp³-hybridized carbons (Fsp3) is 0.600. The highest BCUT2D eigenvalue weighted by Crippen LogP contribution is 2.32. The van der Waals surface area contributed by atoms with Gasteiger partial charge in [0, 0.05) is 18.0 Å². The number of hydrogen-bond donors (Lipinski definition) is 1. The van der Waals surface area contributed by atoms with Crippen LogP contribution >= 0.6 is 27.3 Å². The molecule has 1 aromatic heterocycles. The molecule has 0 radical (unpaired) electrons. The first-order valence-corrected chi connectivity index (χ1v) is 8.40. The molecular weight excluding hydrogens is 326 g/mol. The zero-order chi connectivity index (χ0) is 12.6. The summed E-state index contributed by atoms with van der Waals surface area (Å²) in [5, 5.41) is 9.55. The summed E-state index contributed by atoms with van der Waals surface area (Å²) in [6.07, 6.45) is 0.851. The molecule has 0 aliphatic carbocycles. The molecule has 0 unspecified atom stereocenters. The van der Waals surface area contributed by atoms with Gasteiger partial charge in [0.15, 0.2) is 0 Å². The van der Waals surface area contributed by atoms with Crippen LogP contribution in [0.4, 0.5) is 0 Å². The van der Waals surface area contributed by atoms with E-state index in [1.165, 1.54) is 15.6 Å². The summed E-state index contributed by atoms with van der Waals surface area (Å²) in [4.78, 5) is 1.13. The Hall–Kier alpha value is 0.0500. The minimum Gasteiger partial charge on any atom is -0.392 e. The lowest BCUT2D eigenvalue weighted by atomic mass is 10.1. The van der Waals surface area contributed by atoms with Crippen molar-refractivity contribution in [2.75, 3.05) is 13.1 Å². The number of nitrogens with zero attached hydrogens (tertiary/aromatic N) is 1. The maximum Gasteiger partial charge on any atom is 0.244 e. The van der Waals surface area contributed by atoms with E-state index >= 15 is 0 Å². The fourth-order valence-electron chi connectivity index (χ4n) is 1.97. The van der Waals surface area contributed by atoms with Crippen LogP contribution in [-0.2, 0) is 10.0 Å². The summed E-state index contributed by atoms with van der Waals surface area (Å²) in [5.41, 5.74) is 0. The van der Waals surface area contributed by atoms with Gasteiger partial charge in [0.2, 0.25) is 10.0 Å². The van der Waals surface area contributed by atoms with Crippen LogP contribution in [0.5, 0.6) is 0 Å². The number of piperidine rings is 1. The third-order valence-electron chi connectivity index (χ3n) is 2.82. The SMILES string of the molecule is Cc1sc(Br)cc1S(=O)(=O)N1CCC[C@H](O)C1. The highest BCUT2D eigenvalue weighted by Gasteiger charge is 2.31. The van der Waals surface area contributed by atoms with Crippen LogP contribution in [-0.4, -0.2) is 37.0 Å². The fourth-order valence-corrected chi connectivity index (χ4v) is 5.86. The second-order valence-corrected chi connectivity index (χ2v) is 8.67. The van der Waals surface area contributed by atoms with Crippen molar-refractivity contribution in [1.29, 1.82) is 0 Å². The summed E-state index contributed by atoms with van der Waals surface area (Å²) in [6, 6.07) is 1.64. The maximum atomic E-state index is 12.4. The third-order valence-corrected chi connectivity index (χ3v) is 6.49. The van der Waals surface area contributed by atoms with Crippen LogP contribution in [0.3, 0.4) is 0 Å². The molecule has 1 atom stereocenters. The van der Waals surface area contributed by atoms with Gasteiger partial charge < -0.3 is 5.11 Å². The Bertz CT molecular complexity index is 512. The average Bonchev–Trinajstić information content (AvgIpc) is 2.58. The topological polar surface area (TPSA) is 57.6 Å². The number of aliphatic hydroxyl groups is 1.